The number of nitrogens with zero attached hydrogens (tertiary/aromatic N) is 2. The van der Waals surface area contributed by atoms with E-state index < -0.39 is 28.2 Å². The van der Waals surface area contributed by atoms with Gasteiger partial charge in [0.25, 0.3) is 10.0 Å². The molecule has 1 aliphatic rings. The number of aromatic nitrogens is 1. The molecule has 12 nitrogen and oxygen atoms in total. The fourth-order valence-corrected chi connectivity index (χ4v) is 5.79. The van der Waals surface area contributed by atoms with Crippen molar-refractivity contribution in [2.75, 3.05) is 6.54 Å². The van der Waals surface area contributed by atoms with Crippen LogP contribution >= 0.6 is 11.3 Å². The van der Waals surface area contributed by atoms with E-state index in [1.807, 2.05) is 0 Å². The molecule has 6 N–H and O–H groups in total. The molecule has 0 aliphatic carbocycles. The Morgan fingerprint density at radius 3 is 2.55 bits per heavy atom. The predicted octanol–water partition coefficient (Wildman–Crippen LogP) is 2.11. The Labute approximate surface area is 217 Å². The van der Waals surface area contributed by atoms with Crippen LogP contribution in [0.5, 0.6) is 5.75 Å². The Kier molecular flexibility index (Phi) is 8.43. The van der Waals surface area contributed by atoms with Gasteiger partial charge in [0, 0.05) is 30.3 Å². The Balaban J connectivity index is 0.000000505. The molecule has 38 heavy (non-hydrogen) atoms. The van der Waals surface area contributed by atoms with Gasteiger partial charge < -0.3 is 25.4 Å². The number of carboxylic acids is 1. The third kappa shape index (κ3) is 6.87. The highest BCUT2D eigenvalue weighted by Crippen LogP contribution is 2.30. The molecule has 0 saturated carbocycles. The molecule has 1 unspecified atom stereocenters. The lowest BCUT2D eigenvalue weighted by Crippen LogP contribution is -2.41. The summed E-state index contributed by atoms with van der Waals surface area (Å²) in [6, 6.07) is 8.28. The van der Waals surface area contributed by atoms with Crippen molar-refractivity contribution in [2.24, 2.45) is 5.73 Å². The number of amides is 1. The number of likely N-dealkylation sites (tertiary alicyclic amines) is 1. The normalized spacial score (nSPS) is 15.7. The summed E-state index contributed by atoms with van der Waals surface area (Å²) in [5, 5.41) is 28.5. The van der Waals surface area contributed by atoms with Gasteiger partial charge in [0.05, 0.1) is 4.88 Å². The first kappa shape index (κ1) is 28.6. The Hall–Kier alpha value is -3.96. The number of sulfonamides is 1. The maximum Gasteiger partial charge on any atom is 0.490 e. The number of benzene rings is 1. The second-order valence-corrected chi connectivity index (χ2v) is 10.8. The zero-order valence-corrected chi connectivity index (χ0v) is 20.7. The van der Waals surface area contributed by atoms with Crippen LogP contribution in [0.15, 0.2) is 51.4 Å². The number of carboxylic acid groups (broad SMARTS) is 1. The van der Waals surface area contributed by atoms with Gasteiger partial charge in [-0.2, -0.15) is 17.9 Å². The Bertz CT molecular complexity index is 1440. The number of carbonyl (C=O) groups is 2. The van der Waals surface area contributed by atoms with E-state index in [-0.39, 0.29) is 28.2 Å². The average Bonchev–Trinajstić information content (AvgIpc) is 3.58. The van der Waals surface area contributed by atoms with Crippen LogP contribution in [0, 0.1) is 5.41 Å². The average molecular weight is 576 g/mol. The van der Waals surface area contributed by atoms with Gasteiger partial charge in [-0.1, -0.05) is 5.16 Å². The molecule has 0 spiro atoms. The molecular weight excluding hydrogens is 555 g/mol. The third-order valence-corrected chi connectivity index (χ3v) is 8.20. The van der Waals surface area contributed by atoms with Crippen LogP contribution in [0.4, 0.5) is 13.2 Å². The van der Waals surface area contributed by atoms with Gasteiger partial charge >= 0.3 is 12.1 Å². The van der Waals surface area contributed by atoms with E-state index in [4.69, 9.17) is 25.6 Å². The lowest BCUT2D eigenvalue weighted by molar-refractivity contribution is -0.192. The lowest BCUT2D eigenvalue weighted by Gasteiger charge is -2.18. The van der Waals surface area contributed by atoms with Crippen LogP contribution in [0.1, 0.15) is 17.5 Å². The van der Waals surface area contributed by atoms with Crippen LogP contribution in [0.25, 0.3) is 10.6 Å². The second kappa shape index (κ2) is 11.2. The number of phenolic OH excluding ortho intramolecular Hbond substituents is 1. The summed E-state index contributed by atoms with van der Waals surface area (Å²) in [4.78, 5) is 23.8. The summed E-state index contributed by atoms with van der Waals surface area (Å²) in [5.74, 6) is -3.32. The second-order valence-electron chi connectivity index (χ2n) is 7.79. The van der Waals surface area contributed by atoms with Crippen molar-refractivity contribution in [3.63, 3.8) is 0 Å². The first-order valence-corrected chi connectivity index (χ1v) is 12.8. The van der Waals surface area contributed by atoms with Crippen LogP contribution in [0.3, 0.4) is 0 Å². The molecule has 3 aromatic rings. The van der Waals surface area contributed by atoms with Crippen molar-refractivity contribution >= 4 is 39.1 Å². The minimum atomic E-state index is -5.08. The minimum Gasteiger partial charge on any atom is -0.508 e. The number of phenols is 1. The third-order valence-electron chi connectivity index (χ3n) is 5.13. The molecule has 1 aromatic carbocycles. The molecule has 17 heteroatoms. The Morgan fingerprint density at radius 1 is 1.29 bits per heavy atom. The zero-order chi connectivity index (χ0) is 28.3. The maximum atomic E-state index is 12.8. The highest BCUT2D eigenvalue weighted by atomic mass is 32.2. The fourth-order valence-electron chi connectivity index (χ4n) is 3.28. The number of alkyl halides is 3. The zero-order valence-electron chi connectivity index (χ0n) is 19.1. The monoisotopic (exact) mass is 575 g/mol. The van der Waals surface area contributed by atoms with E-state index in [1.54, 1.807) is 18.2 Å². The molecule has 1 saturated heterocycles. The van der Waals surface area contributed by atoms with Crippen LogP contribution in [0.2, 0.25) is 0 Å². The quantitative estimate of drug-likeness (QED) is 0.207. The minimum absolute atomic E-state index is 0.0270. The number of halogens is 3. The molecule has 4 rings (SSSR count). The van der Waals surface area contributed by atoms with Gasteiger partial charge in [0.15, 0.2) is 0 Å². The predicted molar refractivity (Wildman–Crippen MR) is 127 cm³/mol. The number of aliphatic carboxylic acids is 1. The first-order valence-electron chi connectivity index (χ1n) is 10.5. The van der Waals surface area contributed by atoms with Gasteiger partial charge in [-0.05, 0) is 36.8 Å². The standard InChI is InChI=1S/C19H19N5O5S2.C2HF3O2/c20-18(21)11-1-2-15(25)12(9-11)10-24-7-5-14(19(24)26)23-31(27,28)17-4-3-16(30-17)13-6-8-29-22-13;3-2(4,5)1(6)7/h1-4,6,8-9,14,23,25H,5,7,10H2,(H3,20,21);(H,6,7). The first-order chi connectivity index (χ1) is 17.7. The van der Waals surface area contributed by atoms with Crippen molar-refractivity contribution in [3.8, 4) is 16.3 Å². The fraction of sp³-hybridized carbons (Fsp3) is 0.238. The molecule has 3 heterocycles. The van der Waals surface area contributed by atoms with Gasteiger partial charge in [0.1, 0.15) is 33.8 Å². The smallest absolute Gasteiger partial charge is 0.490 e. The van der Waals surface area contributed by atoms with Crippen molar-refractivity contribution in [3.05, 3.63) is 53.8 Å². The van der Waals surface area contributed by atoms with Gasteiger partial charge in [-0.3, -0.25) is 10.2 Å². The van der Waals surface area contributed by atoms with Crippen LogP contribution < -0.4 is 10.5 Å². The largest absolute Gasteiger partial charge is 0.508 e. The number of thiophene rings is 1. The number of carbonyl (C=O) groups excluding carboxylic acids is 1. The number of hydrogen-bond donors (Lipinski definition) is 5. The van der Waals surface area contributed by atoms with Crippen molar-refractivity contribution in [1.29, 1.82) is 5.41 Å². The molecule has 1 fully saturated rings. The van der Waals surface area contributed by atoms with E-state index in [0.717, 1.165) is 11.3 Å². The summed E-state index contributed by atoms with van der Waals surface area (Å²) in [6.45, 7) is 0.406. The number of nitrogens with two attached hydrogens (primary N) is 1. The van der Waals surface area contributed by atoms with E-state index >= 15 is 0 Å². The molecule has 2 aromatic heterocycles. The van der Waals surface area contributed by atoms with E-state index in [0.29, 0.717) is 34.7 Å². The van der Waals surface area contributed by atoms with Gasteiger partial charge in [-0.15, -0.1) is 11.3 Å². The molecule has 204 valence electrons. The van der Waals surface area contributed by atoms with E-state index in [9.17, 15) is 31.5 Å². The number of nitrogen functional groups attached to an aromatic ring is 1. The summed E-state index contributed by atoms with van der Waals surface area (Å²) >= 11 is 1.03. The Morgan fingerprint density at radius 2 is 1.97 bits per heavy atom. The summed E-state index contributed by atoms with van der Waals surface area (Å²) in [5.41, 5.74) is 6.87. The number of hydrogen-bond acceptors (Lipinski definition) is 9. The summed E-state index contributed by atoms with van der Waals surface area (Å²) in [6.07, 6.45) is -3.39. The SMILES string of the molecule is N=C(N)c1ccc(O)c(CN2CCC(NS(=O)(=O)c3ccc(-c4ccon4)s3)C2=O)c1.O=C(O)C(F)(F)F. The number of aromatic hydroxyl groups is 1. The molecular formula is C21H20F3N5O7S2. The highest BCUT2D eigenvalue weighted by Gasteiger charge is 2.38. The summed E-state index contributed by atoms with van der Waals surface area (Å²) in [7, 11) is -3.90. The number of nitrogens with one attached hydrogen (secondary N) is 2. The lowest BCUT2D eigenvalue weighted by atomic mass is 10.1. The maximum absolute atomic E-state index is 12.8. The van der Waals surface area contributed by atoms with E-state index in [1.165, 1.54) is 29.4 Å². The molecule has 0 radical (unpaired) electrons. The van der Waals surface area contributed by atoms with Crippen molar-refractivity contribution in [1.82, 2.24) is 14.8 Å². The van der Waals surface area contributed by atoms with Gasteiger partial charge in [0.2, 0.25) is 5.91 Å². The van der Waals surface area contributed by atoms with Gasteiger partial charge in [-0.25, -0.2) is 13.2 Å². The molecule has 1 atom stereocenters. The molecule has 1 amide bonds. The van der Waals surface area contributed by atoms with Crippen molar-refractivity contribution in [2.45, 2.75) is 29.4 Å². The number of amidine groups is 1. The van der Waals surface area contributed by atoms with Crippen LogP contribution in [-0.2, 0) is 26.2 Å². The molecule has 1 aliphatic heterocycles. The van der Waals surface area contributed by atoms with E-state index in [2.05, 4.69) is 9.88 Å². The number of rotatable bonds is 7. The molecule has 0 bridgehead atoms. The van der Waals surface area contributed by atoms with Crippen LogP contribution in [-0.4, -0.2) is 65.2 Å². The topological polar surface area (TPSA) is 200 Å². The summed E-state index contributed by atoms with van der Waals surface area (Å²) < 4.78 is 64.6. The highest BCUT2D eigenvalue weighted by molar-refractivity contribution is 7.91. The van der Waals surface area contributed by atoms with Crippen molar-refractivity contribution < 1.29 is 45.9 Å².